The Morgan fingerprint density at radius 3 is 2.18 bits per heavy atom. The van der Waals surface area contributed by atoms with Gasteiger partial charge in [0.15, 0.2) is 0 Å². The number of esters is 1. The average molecular weight is 800 g/mol. The van der Waals surface area contributed by atoms with Crippen molar-refractivity contribution in [1.29, 1.82) is 0 Å². The molecule has 3 aliphatic rings. The lowest BCUT2D eigenvalue weighted by atomic mass is 10.0. The van der Waals surface area contributed by atoms with E-state index in [9.17, 15) is 47.8 Å². The van der Waals surface area contributed by atoms with Crippen molar-refractivity contribution in [2.24, 2.45) is 5.92 Å². The van der Waals surface area contributed by atoms with Crippen LogP contribution >= 0.6 is 0 Å². The van der Waals surface area contributed by atoms with Crippen molar-refractivity contribution in [3.63, 3.8) is 0 Å². The number of halogens is 2. The van der Waals surface area contributed by atoms with E-state index in [1.807, 2.05) is 13.8 Å². The van der Waals surface area contributed by atoms with E-state index in [1.54, 1.807) is 24.3 Å². The van der Waals surface area contributed by atoms with E-state index in [-0.39, 0.29) is 37.4 Å². The van der Waals surface area contributed by atoms with Gasteiger partial charge >= 0.3 is 12.0 Å². The number of fused-ring (bicyclic) bond motifs is 2. The Kier molecular flexibility index (Phi) is 13.5. The quantitative estimate of drug-likeness (QED) is 0.226. The highest BCUT2D eigenvalue weighted by molar-refractivity contribution is 5.97. The second kappa shape index (κ2) is 17.9. The van der Waals surface area contributed by atoms with Crippen molar-refractivity contribution in [1.82, 2.24) is 30.7 Å². The Balaban J connectivity index is 1.51. The molecule has 3 aliphatic heterocycles. The molecule has 6 amide bonds. The van der Waals surface area contributed by atoms with Gasteiger partial charge in [-0.25, -0.2) is 18.4 Å². The number of amides is 6. The molecule has 0 spiro atoms. The monoisotopic (exact) mass is 799 g/mol. The van der Waals surface area contributed by atoms with Crippen LogP contribution in [0.2, 0.25) is 0 Å². The number of hydrogen-bond donors (Lipinski definition) is 6. The third-order valence-corrected chi connectivity index (χ3v) is 10.7. The van der Waals surface area contributed by atoms with Crippen molar-refractivity contribution in [3.8, 4) is 0 Å². The summed E-state index contributed by atoms with van der Waals surface area (Å²) in [5, 5.41) is 32.2. The summed E-state index contributed by atoms with van der Waals surface area (Å²) in [5.74, 6) is -5.99. The van der Waals surface area contributed by atoms with Crippen LogP contribution in [0.3, 0.4) is 0 Å². The Hall–Kier alpha value is -5.20. The summed E-state index contributed by atoms with van der Waals surface area (Å²) in [6.07, 6.45) is -4.46. The molecule has 16 nitrogen and oxygen atoms in total. The summed E-state index contributed by atoms with van der Waals surface area (Å²) in [7, 11) is 1.40. The molecule has 5 rings (SSSR count). The Morgan fingerprint density at radius 2 is 1.53 bits per heavy atom. The van der Waals surface area contributed by atoms with Crippen molar-refractivity contribution in [2.75, 3.05) is 25.5 Å². The minimum atomic E-state index is -1.74. The van der Waals surface area contributed by atoms with Crippen LogP contribution in [0.5, 0.6) is 0 Å². The van der Waals surface area contributed by atoms with E-state index in [2.05, 4.69) is 21.3 Å². The van der Waals surface area contributed by atoms with Gasteiger partial charge in [-0.3, -0.25) is 24.5 Å². The van der Waals surface area contributed by atoms with Crippen LogP contribution in [0.4, 0.5) is 19.3 Å². The number of anilines is 1. The molecule has 0 saturated carbocycles. The van der Waals surface area contributed by atoms with Gasteiger partial charge in [-0.05, 0) is 69.9 Å². The molecule has 2 aromatic carbocycles. The molecule has 10 atom stereocenters. The van der Waals surface area contributed by atoms with Crippen LogP contribution in [-0.2, 0) is 35.1 Å². The standard InChI is InChI=1S/C39H51F2N7O9/c1-19-7-9-27(10-8-19)43-39(56)44-29(14-24-12-25(40)15-26(41)13-24)34(51)45-32-23(5)57-38(55)31-11-20(2)17-47(31)35(52)21(3)42-33(50)22(4)46(6)36(53)30-16-28(49)18-48(30)37(32)54/h7-10,12-13,15,20-23,28-33,42,49-50H,11,14,16-18H2,1-6H3,(H,45,51)(H2,43,44,56). The molecule has 2 aromatic rings. The lowest BCUT2D eigenvalue weighted by Gasteiger charge is -2.37. The van der Waals surface area contributed by atoms with E-state index >= 15 is 0 Å². The van der Waals surface area contributed by atoms with Gasteiger partial charge in [-0.15, -0.1) is 0 Å². The van der Waals surface area contributed by atoms with Crippen molar-refractivity contribution >= 4 is 41.3 Å². The second-order valence-corrected chi connectivity index (χ2v) is 15.4. The molecule has 3 saturated heterocycles. The summed E-state index contributed by atoms with van der Waals surface area (Å²) in [4.78, 5) is 87.0. The lowest BCUT2D eigenvalue weighted by Crippen LogP contribution is -2.62. The van der Waals surface area contributed by atoms with Gasteiger partial charge < -0.3 is 45.6 Å². The minimum Gasteiger partial charge on any atom is -0.458 e. The molecule has 0 bridgehead atoms. The fourth-order valence-electron chi connectivity index (χ4n) is 7.45. The number of benzene rings is 2. The number of cyclic esters (lactones) is 1. The van der Waals surface area contributed by atoms with E-state index in [1.165, 1.54) is 37.6 Å². The minimum absolute atomic E-state index is 0.0106. The molecule has 10 unspecified atom stereocenters. The fraction of sp³-hybridized carbons (Fsp3) is 0.538. The number of nitrogens with one attached hydrogen (secondary N) is 4. The number of likely N-dealkylation sites (N-methyl/N-ethyl adjacent to an activating group) is 1. The molecule has 3 fully saturated rings. The summed E-state index contributed by atoms with van der Waals surface area (Å²) in [6.45, 7) is 7.92. The van der Waals surface area contributed by atoms with Crippen LogP contribution in [0, 0.1) is 24.5 Å². The number of ether oxygens (including phenoxy) is 1. The molecule has 0 aromatic heterocycles. The van der Waals surface area contributed by atoms with Crippen molar-refractivity contribution < 1.29 is 52.5 Å². The summed E-state index contributed by atoms with van der Waals surface area (Å²) in [5.41, 5.74) is 1.28. The van der Waals surface area contributed by atoms with E-state index in [0.717, 1.165) is 22.6 Å². The highest BCUT2D eigenvalue weighted by Crippen LogP contribution is 2.27. The first-order valence-electron chi connectivity index (χ1n) is 18.9. The van der Waals surface area contributed by atoms with Crippen molar-refractivity contribution in [2.45, 2.75) is 109 Å². The number of aryl methyl sites for hydroxylation is 1. The van der Waals surface area contributed by atoms with Gasteiger partial charge in [-0.2, -0.15) is 0 Å². The number of hydrogen-bond acceptors (Lipinski definition) is 10. The Labute approximate surface area is 329 Å². The Bertz CT molecular complexity index is 1830. The maximum Gasteiger partial charge on any atom is 0.329 e. The van der Waals surface area contributed by atoms with Crippen LogP contribution in [0.15, 0.2) is 42.5 Å². The van der Waals surface area contributed by atoms with E-state index in [0.29, 0.717) is 11.8 Å². The van der Waals surface area contributed by atoms with Crippen LogP contribution in [-0.4, -0.2) is 135 Å². The predicted molar refractivity (Wildman–Crippen MR) is 201 cm³/mol. The largest absolute Gasteiger partial charge is 0.458 e. The highest BCUT2D eigenvalue weighted by Gasteiger charge is 2.47. The first kappa shape index (κ1) is 42.9. The molecule has 3 heterocycles. The molecular formula is C39H51F2N7O9. The van der Waals surface area contributed by atoms with Gasteiger partial charge in [0.25, 0.3) is 0 Å². The summed E-state index contributed by atoms with van der Waals surface area (Å²) in [6, 6.07) is 0.871. The number of carbonyl (C=O) groups excluding carboxylic acids is 6. The van der Waals surface area contributed by atoms with Gasteiger partial charge in [0.2, 0.25) is 23.6 Å². The second-order valence-electron chi connectivity index (χ2n) is 15.4. The number of carbonyl (C=O) groups is 6. The number of aliphatic hydroxyl groups excluding tert-OH is 2. The van der Waals surface area contributed by atoms with Crippen LogP contribution in [0.1, 0.15) is 51.7 Å². The molecule has 0 aliphatic carbocycles. The zero-order chi connectivity index (χ0) is 41.9. The molecule has 57 heavy (non-hydrogen) atoms. The van der Waals surface area contributed by atoms with Gasteiger partial charge in [0.05, 0.1) is 18.2 Å². The number of nitrogens with zero attached hydrogens (tertiary/aromatic N) is 3. The average Bonchev–Trinajstić information content (AvgIpc) is 3.74. The topological polar surface area (TPSA) is 210 Å². The van der Waals surface area contributed by atoms with Crippen LogP contribution in [0.25, 0.3) is 0 Å². The number of rotatable bonds is 6. The molecule has 0 radical (unpaired) electrons. The normalized spacial score (nSPS) is 29.4. The molecule has 18 heteroatoms. The zero-order valence-corrected chi connectivity index (χ0v) is 32.7. The third-order valence-electron chi connectivity index (χ3n) is 10.7. The first-order chi connectivity index (χ1) is 26.8. The van der Waals surface area contributed by atoms with Gasteiger partial charge in [0.1, 0.15) is 48.1 Å². The lowest BCUT2D eigenvalue weighted by molar-refractivity contribution is -0.163. The third kappa shape index (κ3) is 10.2. The Morgan fingerprint density at radius 1 is 0.895 bits per heavy atom. The van der Waals surface area contributed by atoms with Gasteiger partial charge in [-0.1, -0.05) is 24.6 Å². The maximum atomic E-state index is 14.6. The van der Waals surface area contributed by atoms with E-state index in [4.69, 9.17) is 4.74 Å². The van der Waals surface area contributed by atoms with E-state index < -0.39 is 108 Å². The maximum absolute atomic E-state index is 14.6. The zero-order valence-electron chi connectivity index (χ0n) is 32.7. The number of urea groups is 1. The molecular weight excluding hydrogens is 748 g/mol. The summed E-state index contributed by atoms with van der Waals surface area (Å²) < 4.78 is 34.4. The highest BCUT2D eigenvalue weighted by atomic mass is 19.1. The first-order valence-corrected chi connectivity index (χ1v) is 18.9. The smallest absolute Gasteiger partial charge is 0.329 e. The van der Waals surface area contributed by atoms with Crippen LogP contribution < -0.4 is 21.3 Å². The number of aliphatic hydroxyl groups is 2. The fourth-order valence-corrected chi connectivity index (χ4v) is 7.45. The molecule has 6 N–H and O–H groups in total. The van der Waals surface area contributed by atoms with Gasteiger partial charge in [0, 0.05) is 44.7 Å². The predicted octanol–water partition coefficient (Wildman–Crippen LogP) is 0.778. The SMILES string of the molecule is Cc1ccc(NC(=O)NC(Cc2cc(F)cc(F)c2)C(=O)NC2C(=O)N3CC(O)CC3C(=O)N(C)C(C)C(O)NC(C)C(=O)N3CC(C)CC3C(=O)OC2C)cc1. The summed E-state index contributed by atoms with van der Waals surface area (Å²) >= 11 is 0. The van der Waals surface area contributed by atoms with Crippen molar-refractivity contribution in [3.05, 3.63) is 65.2 Å². The molecule has 310 valence electrons.